The van der Waals surface area contributed by atoms with Crippen LogP contribution in [0.25, 0.3) is 16.7 Å². The minimum atomic E-state index is -0.658. The molecule has 4 aromatic rings. The van der Waals surface area contributed by atoms with Crippen LogP contribution < -0.4 is 10.6 Å². The molecule has 208 valence electrons. The van der Waals surface area contributed by atoms with E-state index in [4.69, 9.17) is 9.72 Å². The van der Waals surface area contributed by atoms with Crippen molar-refractivity contribution in [1.82, 2.24) is 29.5 Å². The Labute approximate surface area is 228 Å². The third kappa shape index (κ3) is 6.08. The number of rotatable bonds is 7. The molecule has 0 saturated carbocycles. The van der Waals surface area contributed by atoms with E-state index in [2.05, 4.69) is 39.5 Å². The second kappa shape index (κ2) is 10.7. The normalized spacial score (nSPS) is 18.2. The molecule has 0 radical (unpaired) electrons. The zero-order valence-corrected chi connectivity index (χ0v) is 23.2. The molecule has 1 fully saturated rings. The van der Waals surface area contributed by atoms with Gasteiger partial charge in [0.15, 0.2) is 5.65 Å². The maximum Gasteiger partial charge on any atom is 0.410 e. The van der Waals surface area contributed by atoms with E-state index in [1.165, 1.54) is 0 Å². The molecule has 11 heteroatoms. The number of piperidine rings is 1. The molecule has 0 bridgehead atoms. The quantitative estimate of drug-likeness (QED) is 0.275. The lowest BCUT2D eigenvalue weighted by molar-refractivity contribution is -0.0104. The van der Waals surface area contributed by atoms with Crippen LogP contribution in [-0.4, -0.2) is 72.0 Å². The van der Waals surface area contributed by atoms with E-state index in [1.807, 2.05) is 61.8 Å². The standard InChI is InChI=1S/C28H38N8O3/c1-17(2)19-14-31-36-25(30-15-24-32-20-8-6-7-9-21(20)33-24)12-23(34-26(19)36)29-13-18-10-11-35(16-22(18)37)27(38)39-28(3,4)5/h6-9,12,14,17-18,22,30,37H,10-11,13,15-16H2,1-5H3,(H,29,34)(H,32,33)/t18-,22+/m1/s1. The minimum absolute atomic E-state index is 0.0249. The average Bonchev–Trinajstić information content (AvgIpc) is 3.49. The monoisotopic (exact) mass is 534 g/mol. The average molecular weight is 535 g/mol. The van der Waals surface area contributed by atoms with Crippen LogP contribution in [0, 0.1) is 5.92 Å². The number of β-amino-alcohol motifs (C(OH)–C–C–N with tert-alkyl or cyclic N) is 1. The van der Waals surface area contributed by atoms with E-state index >= 15 is 0 Å². The highest BCUT2D eigenvalue weighted by molar-refractivity contribution is 5.74. The van der Waals surface area contributed by atoms with Gasteiger partial charge >= 0.3 is 6.09 Å². The number of aromatic nitrogens is 5. The molecule has 2 atom stereocenters. The number of aliphatic hydroxyl groups is 1. The molecule has 5 rings (SSSR count). The fourth-order valence-electron chi connectivity index (χ4n) is 4.81. The Kier molecular flexibility index (Phi) is 7.35. The third-order valence-corrected chi connectivity index (χ3v) is 6.91. The number of carbonyl (C=O) groups excluding carboxylic acids is 1. The van der Waals surface area contributed by atoms with Gasteiger partial charge in [-0.3, -0.25) is 0 Å². The van der Waals surface area contributed by atoms with Crippen LogP contribution >= 0.6 is 0 Å². The van der Waals surface area contributed by atoms with Crippen molar-refractivity contribution in [2.24, 2.45) is 5.92 Å². The fraction of sp³-hybridized carbons (Fsp3) is 0.500. The second-order valence-corrected chi connectivity index (χ2v) is 11.5. The first kappa shape index (κ1) is 26.7. The Bertz CT molecular complexity index is 1420. The molecule has 39 heavy (non-hydrogen) atoms. The fourth-order valence-corrected chi connectivity index (χ4v) is 4.81. The lowest BCUT2D eigenvalue weighted by atomic mass is 9.94. The number of hydrogen-bond acceptors (Lipinski definition) is 8. The zero-order chi connectivity index (χ0) is 27.7. The van der Waals surface area contributed by atoms with Crippen molar-refractivity contribution in [1.29, 1.82) is 0 Å². The summed E-state index contributed by atoms with van der Waals surface area (Å²) in [5, 5.41) is 22.3. The van der Waals surface area contributed by atoms with Crippen molar-refractivity contribution in [3.8, 4) is 0 Å². The summed E-state index contributed by atoms with van der Waals surface area (Å²) < 4.78 is 7.28. The highest BCUT2D eigenvalue weighted by Gasteiger charge is 2.32. The van der Waals surface area contributed by atoms with Crippen molar-refractivity contribution in [2.45, 2.75) is 65.2 Å². The SMILES string of the molecule is CC(C)c1cnn2c(NCc3nc4ccccc4[nH]3)cc(NC[C@H]3CCN(C(=O)OC(C)(C)C)C[C@@H]3O)nc12. The smallest absolute Gasteiger partial charge is 0.410 e. The van der Waals surface area contributed by atoms with Gasteiger partial charge < -0.3 is 30.4 Å². The molecule has 4 heterocycles. The van der Waals surface area contributed by atoms with Crippen molar-refractivity contribution in [3.05, 3.63) is 47.9 Å². The molecule has 1 aliphatic heterocycles. The number of aromatic amines is 1. The minimum Gasteiger partial charge on any atom is -0.444 e. The first-order valence-electron chi connectivity index (χ1n) is 13.5. The van der Waals surface area contributed by atoms with E-state index in [-0.39, 0.29) is 24.5 Å². The number of nitrogens with zero attached hydrogens (tertiary/aromatic N) is 5. The maximum absolute atomic E-state index is 12.4. The maximum atomic E-state index is 12.4. The van der Waals surface area contributed by atoms with Gasteiger partial charge in [-0.1, -0.05) is 26.0 Å². The largest absolute Gasteiger partial charge is 0.444 e. The van der Waals surface area contributed by atoms with Gasteiger partial charge in [0.1, 0.15) is 23.1 Å². The summed E-state index contributed by atoms with van der Waals surface area (Å²) in [6.45, 7) is 11.6. The summed E-state index contributed by atoms with van der Waals surface area (Å²) in [7, 11) is 0. The predicted molar refractivity (Wildman–Crippen MR) is 151 cm³/mol. The van der Waals surface area contributed by atoms with Gasteiger partial charge in [0.2, 0.25) is 0 Å². The molecule has 4 N–H and O–H groups in total. The number of imidazole rings is 1. The molecular formula is C28H38N8O3. The number of H-pyrrole nitrogens is 1. The lowest BCUT2D eigenvalue weighted by Crippen LogP contribution is -2.49. The number of fused-ring (bicyclic) bond motifs is 2. The summed E-state index contributed by atoms with van der Waals surface area (Å²) in [6.07, 6.45) is 1.48. The number of ether oxygens (including phenoxy) is 1. The molecule has 1 aromatic carbocycles. The molecule has 1 aliphatic rings. The first-order chi connectivity index (χ1) is 18.6. The van der Waals surface area contributed by atoms with Crippen LogP contribution in [0.5, 0.6) is 0 Å². The number of amides is 1. The number of likely N-dealkylation sites (tertiary alicyclic amines) is 1. The number of nitrogens with one attached hydrogen (secondary N) is 3. The van der Waals surface area contributed by atoms with Gasteiger partial charge in [-0.15, -0.1) is 0 Å². The van der Waals surface area contributed by atoms with Crippen LogP contribution in [0.3, 0.4) is 0 Å². The molecule has 0 spiro atoms. The Morgan fingerprint density at radius 3 is 2.74 bits per heavy atom. The molecular weight excluding hydrogens is 496 g/mol. The predicted octanol–water partition coefficient (Wildman–Crippen LogP) is 4.37. The number of para-hydroxylation sites is 2. The summed E-state index contributed by atoms with van der Waals surface area (Å²) >= 11 is 0. The number of hydrogen-bond donors (Lipinski definition) is 4. The van der Waals surface area contributed by atoms with Crippen LogP contribution in [-0.2, 0) is 11.3 Å². The summed E-state index contributed by atoms with van der Waals surface area (Å²) in [6, 6.07) is 9.87. The number of anilines is 2. The van der Waals surface area contributed by atoms with Crippen LogP contribution in [0.15, 0.2) is 36.5 Å². The van der Waals surface area contributed by atoms with Crippen molar-refractivity contribution < 1.29 is 14.6 Å². The Morgan fingerprint density at radius 1 is 1.23 bits per heavy atom. The highest BCUT2D eigenvalue weighted by atomic mass is 16.6. The van der Waals surface area contributed by atoms with Crippen molar-refractivity contribution in [3.63, 3.8) is 0 Å². The molecule has 0 aliphatic carbocycles. The van der Waals surface area contributed by atoms with Crippen molar-refractivity contribution >= 4 is 34.4 Å². The second-order valence-electron chi connectivity index (χ2n) is 11.5. The van der Waals surface area contributed by atoms with Crippen LogP contribution in [0.1, 0.15) is 58.3 Å². The molecule has 1 amide bonds. The summed E-state index contributed by atoms with van der Waals surface area (Å²) in [4.78, 5) is 26.9. The van der Waals surface area contributed by atoms with Gasteiger partial charge in [-0.2, -0.15) is 9.61 Å². The van der Waals surface area contributed by atoms with E-state index in [9.17, 15) is 9.90 Å². The number of benzene rings is 1. The highest BCUT2D eigenvalue weighted by Crippen LogP contribution is 2.26. The lowest BCUT2D eigenvalue weighted by Gasteiger charge is -2.36. The molecule has 3 aromatic heterocycles. The van der Waals surface area contributed by atoms with Crippen LogP contribution in [0.4, 0.5) is 16.4 Å². The Hall–Kier alpha value is -3.86. The van der Waals surface area contributed by atoms with Gasteiger partial charge in [0.25, 0.3) is 0 Å². The van der Waals surface area contributed by atoms with E-state index < -0.39 is 11.7 Å². The zero-order valence-electron chi connectivity index (χ0n) is 23.2. The first-order valence-corrected chi connectivity index (χ1v) is 13.5. The molecule has 11 nitrogen and oxygen atoms in total. The van der Waals surface area contributed by atoms with E-state index in [0.29, 0.717) is 31.9 Å². The van der Waals surface area contributed by atoms with Gasteiger partial charge in [0, 0.05) is 30.6 Å². The van der Waals surface area contributed by atoms with E-state index in [1.54, 1.807) is 4.90 Å². The Morgan fingerprint density at radius 2 is 2.03 bits per heavy atom. The Balaban J connectivity index is 1.29. The van der Waals surface area contributed by atoms with Gasteiger partial charge in [-0.05, 0) is 45.2 Å². The van der Waals surface area contributed by atoms with Crippen LogP contribution in [0.2, 0.25) is 0 Å². The third-order valence-electron chi connectivity index (χ3n) is 6.91. The van der Waals surface area contributed by atoms with Gasteiger partial charge in [0.05, 0.1) is 36.4 Å². The molecule has 0 unspecified atom stereocenters. The van der Waals surface area contributed by atoms with Crippen molar-refractivity contribution in [2.75, 3.05) is 30.3 Å². The van der Waals surface area contributed by atoms with Gasteiger partial charge in [-0.25, -0.2) is 14.8 Å². The molecule has 1 saturated heterocycles. The topological polar surface area (TPSA) is 133 Å². The summed E-state index contributed by atoms with van der Waals surface area (Å²) in [5.41, 5.74) is 3.19. The number of aliphatic hydroxyl groups excluding tert-OH is 1. The van der Waals surface area contributed by atoms with E-state index in [0.717, 1.165) is 33.9 Å². The summed E-state index contributed by atoms with van der Waals surface area (Å²) in [5.74, 6) is 2.54. The number of carbonyl (C=O) groups is 1.